The highest BCUT2D eigenvalue weighted by atomic mass is 35.5. The van der Waals surface area contributed by atoms with Crippen LogP contribution in [0.2, 0.25) is 0 Å². The summed E-state index contributed by atoms with van der Waals surface area (Å²) in [6.45, 7) is 2.11. The Morgan fingerprint density at radius 1 is 1.47 bits per heavy atom. The predicted molar refractivity (Wildman–Crippen MR) is 70.6 cm³/mol. The highest BCUT2D eigenvalue weighted by Crippen LogP contribution is 2.17. The van der Waals surface area contributed by atoms with E-state index in [2.05, 4.69) is 24.1 Å². The second kappa shape index (κ2) is 5.87. The molecule has 0 aromatic carbocycles. The molecule has 0 amide bonds. The van der Waals surface area contributed by atoms with Gasteiger partial charge in [0.25, 0.3) is 0 Å². The van der Waals surface area contributed by atoms with E-state index >= 15 is 0 Å². The highest BCUT2D eigenvalue weighted by molar-refractivity contribution is 6.19. The number of rotatable bonds is 4. The SMILES string of the molecule is CCc1ccc(OC2C=C(CCl)C=CC2)nc1. The zero-order valence-electron chi connectivity index (χ0n) is 9.90. The summed E-state index contributed by atoms with van der Waals surface area (Å²) in [6, 6.07) is 3.97. The summed E-state index contributed by atoms with van der Waals surface area (Å²) in [7, 11) is 0. The maximum atomic E-state index is 5.80. The third-order valence-electron chi connectivity index (χ3n) is 2.73. The lowest BCUT2D eigenvalue weighted by Crippen LogP contribution is -2.16. The molecule has 1 atom stereocenters. The largest absolute Gasteiger partial charge is 0.470 e. The molecule has 0 N–H and O–H groups in total. The molecule has 1 aromatic heterocycles. The van der Waals surface area contributed by atoms with Gasteiger partial charge >= 0.3 is 0 Å². The molecule has 1 aliphatic carbocycles. The first kappa shape index (κ1) is 12.2. The third-order valence-corrected chi connectivity index (χ3v) is 3.04. The van der Waals surface area contributed by atoms with Crippen molar-refractivity contribution in [2.45, 2.75) is 25.9 Å². The van der Waals surface area contributed by atoms with E-state index in [1.165, 1.54) is 5.56 Å². The minimum atomic E-state index is 0.0497. The van der Waals surface area contributed by atoms with E-state index in [1.54, 1.807) is 0 Å². The second-order valence-electron chi connectivity index (χ2n) is 4.03. The van der Waals surface area contributed by atoms with Crippen LogP contribution in [-0.2, 0) is 6.42 Å². The van der Waals surface area contributed by atoms with Crippen molar-refractivity contribution in [3.63, 3.8) is 0 Å². The second-order valence-corrected chi connectivity index (χ2v) is 4.30. The Morgan fingerprint density at radius 3 is 3.00 bits per heavy atom. The summed E-state index contributed by atoms with van der Waals surface area (Å²) in [5.41, 5.74) is 2.32. The van der Waals surface area contributed by atoms with E-state index in [9.17, 15) is 0 Å². The van der Waals surface area contributed by atoms with Gasteiger partial charge in [0.05, 0.1) is 0 Å². The van der Waals surface area contributed by atoms with Gasteiger partial charge in [-0.3, -0.25) is 0 Å². The molecule has 3 heteroatoms. The van der Waals surface area contributed by atoms with Crippen LogP contribution < -0.4 is 4.74 Å². The minimum Gasteiger partial charge on any atom is -0.470 e. The van der Waals surface area contributed by atoms with Crippen LogP contribution in [0.15, 0.2) is 42.1 Å². The molecule has 0 saturated carbocycles. The summed E-state index contributed by atoms with van der Waals surface area (Å²) >= 11 is 5.80. The molecule has 17 heavy (non-hydrogen) atoms. The molecule has 0 saturated heterocycles. The fourth-order valence-electron chi connectivity index (χ4n) is 1.73. The van der Waals surface area contributed by atoms with E-state index in [1.807, 2.05) is 24.4 Å². The molecule has 0 spiro atoms. The lowest BCUT2D eigenvalue weighted by Gasteiger charge is -2.17. The smallest absolute Gasteiger partial charge is 0.213 e. The van der Waals surface area contributed by atoms with E-state index in [0.717, 1.165) is 18.4 Å². The van der Waals surface area contributed by atoms with Crippen molar-refractivity contribution in [1.29, 1.82) is 0 Å². The van der Waals surface area contributed by atoms with Crippen molar-refractivity contribution in [1.82, 2.24) is 4.98 Å². The Labute approximate surface area is 107 Å². The van der Waals surface area contributed by atoms with Gasteiger partial charge in [-0.25, -0.2) is 4.98 Å². The van der Waals surface area contributed by atoms with Crippen LogP contribution in [0, 0.1) is 0 Å². The van der Waals surface area contributed by atoms with Gasteiger partial charge in [0, 0.05) is 24.6 Å². The first-order valence-corrected chi connectivity index (χ1v) is 6.40. The van der Waals surface area contributed by atoms with Gasteiger partial charge in [-0.2, -0.15) is 0 Å². The van der Waals surface area contributed by atoms with Crippen molar-refractivity contribution in [3.8, 4) is 5.88 Å². The van der Waals surface area contributed by atoms with Crippen LogP contribution in [0.5, 0.6) is 5.88 Å². The summed E-state index contributed by atoms with van der Waals surface area (Å²) in [5, 5.41) is 0. The predicted octanol–water partition coefficient (Wildman–Crippen LogP) is 3.52. The van der Waals surface area contributed by atoms with Crippen molar-refractivity contribution in [2.75, 3.05) is 5.88 Å². The summed E-state index contributed by atoms with van der Waals surface area (Å²) < 4.78 is 5.79. The Kier molecular flexibility index (Phi) is 4.21. The number of nitrogens with zero attached hydrogens (tertiary/aromatic N) is 1. The van der Waals surface area contributed by atoms with Crippen LogP contribution in [0.25, 0.3) is 0 Å². The molecule has 1 unspecified atom stereocenters. The molecule has 0 bridgehead atoms. The molecule has 1 heterocycles. The topological polar surface area (TPSA) is 22.1 Å². The Morgan fingerprint density at radius 2 is 2.35 bits per heavy atom. The molecular weight excluding hydrogens is 234 g/mol. The first-order valence-electron chi connectivity index (χ1n) is 5.86. The first-order chi connectivity index (χ1) is 8.31. The number of aryl methyl sites for hydroxylation is 1. The molecule has 0 aliphatic heterocycles. The molecule has 1 aliphatic rings. The number of hydrogen-bond donors (Lipinski definition) is 0. The van der Waals surface area contributed by atoms with E-state index in [4.69, 9.17) is 16.3 Å². The number of pyridine rings is 1. The quantitative estimate of drug-likeness (QED) is 0.762. The van der Waals surface area contributed by atoms with Crippen LogP contribution in [0.1, 0.15) is 18.9 Å². The van der Waals surface area contributed by atoms with Gasteiger partial charge < -0.3 is 4.74 Å². The fourth-order valence-corrected chi connectivity index (χ4v) is 1.91. The van der Waals surface area contributed by atoms with Crippen molar-refractivity contribution < 1.29 is 4.74 Å². The zero-order chi connectivity index (χ0) is 12.1. The van der Waals surface area contributed by atoms with Crippen LogP contribution in [0.4, 0.5) is 0 Å². The number of allylic oxidation sites excluding steroid dienone is 2. The van der Waals surface area contributed by atoms with Crippen LogP contribution >= 0.6 is 11.6 Å². The number of aromatic nitrogens is 1. The lowest BCUT2D eigenvalue weighted by atomic mass is 10.1. The van der Waals surface area contributed by atoms with E-state index in [0.29, 0.717) is 11.8 Å². The molecule has 90 valence electrons. The molecule has 1 aromatic rings. The van der Waals surface area contributed by atoms with Crippen LogP contribution in [-0.4, -0.2) is 17.0 Å². The molecule has 2 rings (SSSR count). The summed E-state index contributed by atoms with van der Waals surface area (Å²) in [4.78, 5) is 4.29. The maximum absolute atomic E-state index is 5.80. The Hall–Kier alpha value is -1.28. The van der Waals surface area contributed by atoms with Gasteiger partial charge in [0.1, 0.15) is 6.10 Å². The molecule has 0 fully saturated rings. The van der Waals surface area contributed by atoms with Crippen LogP contribution in [0.3, 0.4) is 0 Å². The van der Waals surface area contributed by atoms with Crippen molar-refractivity contribution >= 4 is 11.6 Å². The monoisotopic (exact) mass is 249 g/mol. The van der Waals surface area contributed by atoms with Crippen molar-refractivity contribution in [2.24, 2.45) is 0 Å². The normalized spacial score (nSPS) is 18.9. The average Bonchev–Trinajstić information content (AvgIpc) is 2.40. The third kappa shape index (κ3) is 3.34. The number of ether oxygens (including phenoxy) is 1. The number of hydrogen-bond acceptors (Lipinski definition) is 2. The number of alkyl halides is 1. The average molecular weight is 250 g/mol. The fraction of sp³-hybridized carbons (Fsp3) is 0.357. The maximum Gasteiger partial charge on any atom is 0.213 e. The lowest BCUT2D eigenvalue weighted by molar-refractivity contribution is 0.240. The number of halogens is 1. The highest BCUT2D eigenvalue weighted by Gasteiger charge is 2.11. The molecular formula is C14H16ClNO. The molecule has 0 radical (unpaired) electrons. The standard InChI is InChI=1S/C14H16ClNO/c1-2-11-6-7-14(16-10-11)17-13-5-3-4-12(8-13)9-15/h3-4,6-8,10,13H,2,5,9H2,1H3. The van der Waals surface area contributed by atoms with Gasteiger partial charge in [0.15, 0.2) is 0 Å². The van der Waals surface area contributed by atoms with Gasteiger partial charge in [0.2, 0.25) is 5.88 Å². The van der Waals surface area contributed by atoms with Gasteiger partial charge in [-0.1, -0.05) is 25.1 Å². The minimum absolute atomic E-state index is 0.0497. The van der Waals surface area contributed by atoms with E-state index < -0.39 is 0 Å². The van der Waals surface area contributed by atoms with Gasteiger partial charge in [-0.15, -0.1) is 11.6 Å². The van der Waals surface area contributed by atoms with Gasteiger partial charge in [-0.05, 0) is 23.6 Å². The van der Waals surface area contributed by atoms with Crippen molar-refractivity contribution in [3.05, 3.63) is 47.7 Å². The Balaban J connectivity index is 2.01. The van der Waals surface area contributed by atoms with E-state index in [-0.39, 0.29) is 6.10 Å². The molecule has 2 nitrogen and oxygen atoms in total. The summed E-state index contributed by atoms with van der Waals surface area (Å²) in [5.74, 6) is 1.20. The zero-order valence-corrected chi connectivity index (χ0v) is 10.7. The summed E-state index contributed by atoms with van der Waals surface area (Å²) in [6.07, 6.45) is 9.97. The Bertz CT molecular complexity index is 422.